The molecule has 5 heteroatoms. The van der Waals surface area contributed by atoms with Gasteiger partial charge >= 0.3 is 0 Å². The first-order valence-corrected chi connectivity index (χ1v) is 2.46. The number of carbonyl (C=O) groups is 1. The molecule has 1 atom stereocenters. The SMILES string of the molecule is NNC(=O)[C@H]1CC1(F)F. The van der Waals surface area contributed by atoms with Gasteiger partial charge < -0.3 is 0 Å². The van der Waals surface area contributed by atoms with Crippen LogP contribution in [-0.2, 0) is 4.79 Å². The zero-order valence-corrected chi connectivity index (χ0v) is 4.53. The molecular weight excluding hydrogens is 130 g/mol. The van der Waals surface area contributed by atoms with E-state index in [1.54, 1.807) is 5.43 Å². The van der Waals surface area contributed by atoms with E-state index in [0.29, 0.717) is 0 Å². The molecule has 0 aromatic heterocycles. The largest absolute Gasteiger partial charge is 0.294 e. The molecule has 3 nitrogen and oxygen atoms in total. The standard InChI is InChI=1S/C4H6F2N2O/c5-4(6)1-2(4)3(9)8-7/h2H,1,7H2,(H,8,9)/t2-/m1/s1. The van der Waals surface area contributed by atoms with Gasteiger partial charge in [0.2, 0.25) is 5.91 Å². The lowest BCUT2D eigenvalue weighted by atomic mass is 10.4. The van der Waals surface area contributed by atoms with E-state index >= 15 is 0 Å². The molecule has 0 aromatic carbocycles. The van der Waals surface area contributed by atoms with Crippen molar-refractivity contribution in [3.63, 3.8) is 0 Å². The molecule has 9 heavy (non-hydrogen) atoms. The molecule has 0 radical (unpaired) electrons. The fraction of sp³-hybridized carbons (Fsp3) is 0.750. The number of carbonyl (C=O) groups excluding carboxylic acids is 1. The number of hydrogen-bond donors (Lipinski definition) is 2. The number of alkyl halides is 2. The van der Waals surface area contributed by atoms with Gasteiger partial charge in [-0.15, -0.1) is 0 Å². The molecule has 1 amide bonds. The van der Waals surface area contributed by atoms with Gasteiger partial charge in [0.25, 0.3) is 5.92 Å². The zero-order valence-electron chi connectivity index (χ0n) is 4.53. The molecule has 0 saturated heterocycles. The van der Waals surface area contributed by atoms with Gasteiger partial charge in [-0.1, -0.05) is 0 Å². The van der Waals surface area contributed by atoms with Crippen LogP contribution in [0.2, 0.25) is 0 Å². The Hall–Kier alpha value is -0.710. The average Bonchev–Trinajstić information content (AvgIpc) is 2.38. The molecule has 0 unspecified atom stereocenters. The predicted octanol–water partition coefficient (Wildman–Crippen LogP) is -0.369. The van der Waals surface area contributed by atoms with Crippen molar-refractivity contribution >= 4 is 5.91 Å². The predicted molar refractivity (Wildman–Crippen MR) is 25.4 cm³/mol. The van der Waals surface area contributed by atoms with Crippen molar-refractivity contribution < 1.29 is 13.6 Å². The highest BCUT2D eigenvalue weighted by atomic mass is 19.3. The van der Waals surface area contributed by atoms with Crippen molar-refractivity contribution in [1.82, 2.24) is 5.43 Å². The van der Waals surface area contributed by atoms with Crippen molar-refractivity contribution in [2.24, 2.45) is 11.8 Å². The number of hydrogen-bond acceptors (Lipinski definition) is 2. The fourth-order valence-corrected chi connectivity index (χ4v) is 0.598. The summed E-state index contributed by atoms with van der Waals surface area (Å²) in [5, 5.41) is 0. The normalized spacial score (nSPS) is 29.4. The Kier molecular flexibility index (Phi) is 1.16. The van der Waals surface area contributed by atoms with Gasteiger partial charge in [0.15, 0.2) is 0 Å². The van der Waals surface area contributed by atoms with E-state index < -0.39 is 17.7 Å². The number of amides is 1. The molecule has 3 N–H and O–H groups in total. The third kappa shape index (κ3) is 0.999. The van der Waals surface area contributed by atoms with Crippen LogP contribution >= 0.6 is 0 Å². The molecular formula is C4H6F2N2O. The molecule has 52 valence electrons. The third-order valence-corrected chi connectivity index (χ3v) is 1.28. The first-order valence-electron chi connectivity index (χ1n) is 2.46. The maximum Gasteiger partial charge on any atom is 0.260 e. The fourth-order valence-electron chi connectivity index (χ4n) is 0.598. The summed E-state index contributed by atoms with van der Waals surface area (Å²) in [6.45, 7) is 0. The van der Waals surface area contributed by atoms with E-state index in [-0.39, 0.29) is 6.42 Å². The number of halogens is 2. The molecule has 0 heterocycles. The lowest BCUT2D eigenvalue weighted by Gasteiger charge is -1.93. The van der Waals surface area contributed by atoms with E-state index in [2.05, 4.69) is 5.84 Å². The topological polar surface area (TPSA) is 55.1 Å². The Morgan fingerprint density at radius 2 is 2.22 bits per heavy atom. The molecule has 1 saturated carbocycles. The van der Waals surface area contributed by atoms with Crippen LogP contribution < -0.4 is 11.3 Å². The third-order valence-electron chi connectivity index (χ3n) is 1.28. The first kappa shape index (κ1) is 6.41. The second-order valence-corrected chi connectivity index (χ2v) is 2.03. The number of rotatable bonds is 1. The van der Waals surface area contributed by atoms with E-state index in [9.17, 15) is 13.6 Å². The highest BCUT2D eigenvalue weighted by Crippen LogP contribution is 2.48. The van der Waals surface area contributed by atoms with Gasteiger partial charge in [-0.2, -0.15) is 0 Å². The Morgan fingerprint density at radius 1 is 1.78 bits per heavy atom. The van der Waals surface area contributed by atoms with Crippen LogP contribution in [0.5, 0.6) is 0 Å². The summed E-state index contributed by atoms with van der Waals surface area (Å²) in [5.41, 5.74) is 1.66. The van der Waals surface area contributed by atoms with Crippen LogP contribution in [0.3, 0.4) is 0 Å². The Bertz CT molecular complexity index is 148. The summed E-state index contributed by atoms with van der Waals surface area (Å²) in [6, 6.07) is 0. The van der Waals surface area contributed by atoms with Gasteiger partial charge in [-0.3, -0.25) is 10.2 Å². The van der Waals surface area contributed by atoms with Gasteiger partial charge in [-0.05, 0) is 0 Å². The van der Waals surface area contributed by atoms with Gasteiger partial charge in [0, 0.05) is 6.42 Å². The lowest BCUT2D eigenvalue weighted by molar-refractivity contribution is -0.124. The molecule has 1 rings (SSSR count). The van der Waals surface area contributed by atoms with Crippen LogP contribution in [0.25, 0.3) is 0 Å². The molecule has 0 bridgehead atoms. The van der Waals surface area contributed by atoms with Crippen molar-refractivity contribution in [1.29, 1.82) is 0 Å². The molecule has 0 aliphatic heterocycles. The summed E-state index contributed by atoms with van der Waals surface area (Å²) >= 11 is 0. The van der Waals surface area contributed by atoms with Crippen LogP contribution in [0.4, 0.5) is 8.78 Å². The minimum absolute atomic E-state index is 0.365. The summed E-state index contributed by atoms with van der Waals surface area (Å²) in [7, 11) is 0. The Balaban J connectivity index is 2.42. The summed E-state index contributed by atoms with van der Waals surface area (Å²) < 4.78 is 23.8. The summed E-state index contributed by atoms with van der Waals surface area (Å²) in [4.78, 5) is 10.3. The van der Waals surface area contributed by atoms with Crippen LogP contribution in [0.1, 0.15) is 6.42 Å². The Labute approximate surface area is 50.2 Å². The maximum absolute atomic E-state index is 11.9. The summed E-state index contributed by atoms with van der Waals surface area (Å²) in [5.74, 6) is -0.157. The maximum atomic E-state index is 11.9. The lowest BCUT2D eigenvalue weighted by Crippen LogP contribution is -2.32. The molecule has 0 aromatic rings. The van der Waals surface area contributed by atoms with E-state index in [1.165, 1.54) is 0 Å². The number of nitrogens with one attached hydrogen (secondary N) is 1. The zero-order chi connectivity index (χ0) is 7.07. The van der Waals surface area contributed by atoms with E-state index in [4.69, 9.17) is 0 Å². The van der Waals surface area contributed by atoms with Crippen molar-refractivity contribution in [2.45, 2.75) is 12.3 Å². The van der Waals surface area contributed by atoms with Gasteiger partial charge in [0.05, 0.1) is 0 Å². The highest BCUT2D eigenvalue weighted by molar-refractivity contribution is 5.82. The van der Waals surface area contributed by atoms with Crippen molar-refractivity contribution in [3.05, 3.63) is 0 Å². The molecule has 1 aliphatic rings. The minimum Gasteiger partial charge on any atom is -0.294 e. The van der Waals surface area contributed by atoms with Crippen LogP contribution in [0.15, 0.2) is 0 Å². The second kappa shape index (κ2) is 1.63. The smallest absolute Gasteiger partial charge is 0.260 e. The summed E-state index contributed by atoms with van der Waals surface area (Å²) in [6.07, 6.45) is -0.365. The van der Waals surface area contributed by atoms with Crippen LogP contribution in [0, 0.1) is 5.92 Å². The van der Waals surface area contributed by atoms with E-state index in [1.807, 2.05) is 0 Å². The molecule has 1 aliphatic carbocycles. The average molecular weight is 136 g/mol. The van der Waals surface area contributed by atoms with Gasteiger partial charge in [0.1, 0.15) is 5.92 Å². The van der Waals surface area contributed by atoms with Crippen LogP contribution in [-0.4, -0.2) is 11.8 Å². The molecule has 0 spiro atoms. The molecule has 1 fully saturated rings. The Morgan fingerprint density at radius 3 is 2.33 bits per heavy atom. The second-order valence-electron chi connectivity index (χ2n) is 2.03. The van der Waals surface area contributed by atoms with E-state index in [0.717, 1.165) is 0 Å². The highest BCUT2D eigenvalue weighted by Gasteiger charge is 2.61. The monoisotopic (exact) mass is 136 g/mol. The quantitative estimate of drug-likeness (QED) is 0.293. The number of nitrogens with two attached hydrogens (primary N) is 1. The van der Waals surface area contributed by atoms with Crippen molar-refractivity contribution in [2.75, 3.05) is 0 Å². The van der Waals surface area contributed by atoms with Crippen molar-refractivity contribution in [3.8, 4) is 0 Å². The van der Waals surface area contributed by atoms with Gasteiger partial charge in [-0.25, -0.2) is 14.6 Å². The first-order chi connectivity index (χ1) is 4.08. The number of hydrazine groups is 1. The minimum atomic E-state index is -2.80.